The van der Waals surface area contributed by atoms with E-state index in [1.54, 1.807) is 0 Å². The van der Waals surface area contributed by atoms with Crippen molar-refractivity contribution in [1.82, 2.24) is 10.6 Å². The maximum atomic E-state index is 11.9. The Hall–Kier alpha value is -1.75. The summed E-state index contributed by atoms with van der Waals surface area (Å²) in [6.45, 7) is 7.98. The molecule has 0 aromatic heterocycles. The first-order chi connectivity index (χ1) is 10.2. The number of amides is 2. The molecule has 1 aromatic carbocycles. The second kappa shape index (κ2) is 7.88. The standard InChI is InChI=1S/C16H26N4O/c1-13(2)18-16(21)19-14-7-3-4-8-15(14)20-11-6-5-9-17-10-12-20/h3-4,7-8,13,17H,5-6,9-12H2,1-2H3,(H2,18,19,21). The number of nitrogens with one attached hydrogen (secondary N) is 3. The summed E-state index contributed by atoms with van der Waals surface area (Å²) in [4.78, 5) is 14.3. The molecule has 2 amide bonds. The van der Waals surface area contributed by atoms with Gasteiger partial charge in [0.15, 0.2) is 0 Å². The summed E-state index contributed by atoms with van der Waals surface area (Å²) in [5.41, 5.74) is 1.97. The molecule has 5 nitrogen and oxygen atoms in total. The Morgan fingerprint density at radius 2 is 2.00 bits per heavy atom. The van der Waals surface area contributed by atoms with Crippen LogP contribution in [-0.2, 0) is 0 Å². The van der Waals surface area contributed by atoms with Crippen LogP contribution in [0.15, 0.2) is 24.3 Å². The summed E-state index contributed by atoms with van der Waals surface area (Å²) in [6.07, 6.45) is 2.36. The molecule has 116 valence electrons. The zero-order valence-corrected chi connectivity index (χ0v) is 13.0. The Bertz CT molecular complexity index is 453. The molecule has 2 rings (SSSR count). The van der Waals surface area contributed by atoms with Crippen molar-refractivity contribution in [3.8, 4) is 0 Å². The molecule has 0 saturated carbocycles. The Labute approximate surface area is 127 Å². The monoisotopic (exact) mass is 290 g/mol. The Kier molecular flexibility index (Phi) is 5.87. The van der Waals surface area contributed by atoms with Gasteiger partial charge in [0.05, 0.1) is 11.4 Å². The lowest BCUT2D eigenvalue weighted by molar-refractivity contribution is 0.250. The molecule has 0 aliphatic carbocycles. The van der Waals surface area contributed by atoms with Crippen LogP contribution in [-0.4, -0.2) is 38.3 Å². The lowest BCUT2D eigenvalue weighted by atomic mass is 10.2. The lowest BCUT2D eigenvalue weighted by Gasteiger charge is -2.29. The fraction of sp³-hybridized carbons (Fsp3) is 0.562. The molecule has 1 saturated heterocycles. The molecule has 0 bridgehead atoms. The van der Waals surface area contributed by atoms with E-state index in [2.05, 4.69) is 26.9 Å². The molecule has 0 unspecified atom stereocenters. The fourth-order valence-electron chi connectivity index (χ4n) is 2.52. The third kappa shape index (κ3) is 4.93. The molecule has 0 radical (unpaired) electrons. The molecular weight excluding hydrogens is 264 g/mol. The molecule has 1 aliphatic rings. The zero-order valence-electron chi connectivity index (χ0n) is 13.0. The zero-order chi connectivity index (χ0) is 15.1. The molecule has 1 aromatic rings. The number of carbonyl (C=O) groups is 1. The number of benzene rings is 1. The van der Waals surface area contributed by atoms with Gasteiger partial charge in [-0.3, -0.25) is 0 Å². The highest BCUT2D eigenvalue weighted by Crippen LogP contribution is 2.26. The second-order valence-electron chi connectivity index (χ2n) is 5.71. The number of hydrogen-bond donors (Lipinski definition) is 3. The highest BCUT2D eigenvalue weighted by Gasteiger charge is 2.14. The molecule has 1 heterocycles. The minimum atomic E-state index is -0.150. The number of carbonyl (C=O) groups excluding carboxylic acids is 1. The smallest absolute Gasteiger partial charge is 0.319 e. The van der Waals surface area contributed by atoms with Crippen LogP contribution in [0.1, 0.15) is 26.7 Å². The van der Waals surface area contributed by atoms with Gasteiger partial charge in [0.2, 0.25) is 0 Å². The van der Waals surface area contributed by atoms with Crippen molar-refractivity contribution in [3.63, 3.8) is 0 Å². The van der Waals surface area contributed by atoms with E-state index in [1.807, 2.05) is 32.0 Å². The van der Waals surface area contributed by atoms with Crippen molar-refractivity contribution in [3.05, 3.63) is 24.3 Å². The van der Waals surface area contributed by atoms with Crippen molar-refractivity contribution in [2.75, 3.05) is 36.4 Å². The largest absolute Gasteiger partial charge is 0.369 e. The second-order valence-corrected chi connectivity index (χ2v) is 5.71. The minimum Gasteiger partial charge on any atom is -0.369 e. The van der Waals surface area contributed by atoms with E-state index < -0.39 is 0 Å². The van der Waals surface area contributed by atoms with Crippen LogP contribution in [0.3, 0.4) is 0 Å². The first-order valence-electron chi connectivity index (χ1n) is 7.79. The quantitative estimate of drug-likeness (QED) is 0.801. The number of hydrogen-bond acceptors (Lipinski definition) is 3. The van der Waals surface area contributed by atoms with Crippen molar-refractivity contribution in [2.45, 2.75) is 32.7 Å². The predicted octanol–water partition coefficient (Wildman–Crippen LogP) is 2.41. The number of anilines is 2. The van der Waals surface area contributed by atoms with Gasteiger partial charge in [-0.05, 0) is 45.4 Å². The van der Waals surface area contributed by atoms with Gasteiger partial charge < -0.3 is 20.9 Å². The highest BCUT2D eigenvalue weighted by atomic mass is 16.2. The Balaban J connectivity index is 2.09. The summed E-state index contributed by atoms with van der Waals surface area (Å²) in [6, 6.07) is 7.99. The maximum absolute atomic E-state index is 11.9. The fourth-order valence-corrected chi connectivity index (χ4v) is 2.52. The normalized spacial score (nSPS) is 16.2. The molecule has 1 fully saturated rings. The van der Waals surface area contributed by atoms with E-state index in [9.17, 15) is 4.79 Å². The van der Waals surface area contributed by atoms with Crippen molar-refractivity contribution in [1.29, 1.82) is 0 Å². The molecule has 5 heteroatoms. The number of nitrogens with zero attached hydrogens (tertiary/aromatic N) is 1. The predicted molar refractivity (Wildman–Crippen MR) is 88.0 cm³/mol. The van der Waals surface area contributed by atoms with E-state index in [-0.39, 0.29) is 12.1 Å². The molecular formula is C16H26N4O. The first kappa shape index (κ1) is 15.6. The van der Waals surface area contributed by atoms with Crippen LogP contribution >= 0.6 is 0 Å². The van der Waals surface area contributed by atoms with Crippen LogP contribution in [0, 0.1) is 0 Å². The van der Waals surface area contributed by atoms with Crippen molar-refractivity contribution in [2.24, 2.45) is 0 Å². The topological polar surface area (TPSA) is 56.4 Å². The van der Waals surface area contributed by atoms with Crippen molar-refractivity contribution >= 4 is 17.4 Å². The summed E-state index contributed by atoms with van der Waals surface area (Å²) in [5, 5.41) is 9.26. The Morgan fingerprint density at radius 3 is 2.81 bits per heavy atom. The molecule has 21 heavy (non-hydrogen) atoms. The van der Waals surface area contributed by atoms with E-state index in [4.69, 9.17) is 0 Å². The van der Waals surface area contributed by atoms with Gasteiger partial charge in [-0.1, -0.05) is 12.1 Å². The lowest BCUT2D eigenvalue weighted by Crippen LogP contribution is -2.37. The highest BCUT2D eigenvalue weighted by molar-refractivity contribution is 5.93. The Morgan fingerprint density at radius 1 is 1.19 bits per heavy atom. The third-order valence-corrected chi connectivity index (χ3v) is 3.50. The van der Waals surface area contributed by atoms with Gasteiger partial charge in [0.1, 0.15) is 0 Å². The number of para-hydroxylation sites is 2. The van der Waals surface area contributed by atoms with E-state index >= 15 is 0 Å². The van der Waals surface area contributed by atoms with Gasteiger partial charge in [-0.2, -0.15) is 0 Å². The summed E-state index contributed by atoms with van der Waals surface area (Å²) >= 11 is 0. The average molecular weight is 290 g/mol. The third-order valence-electron chi connectivity index (χ3n) is 3.50. The van der Waals surface area contributed by atoms with Crippen molar-refractivity contribution < 1.29 is 4.79 Å². The molecule has 0 spiro atoms. The number of rotatable bonds is 3. The van der Waals surface area contributed by atoms with Crippen LogP contribution in [0.25, 0.3) is 0 Å². The van der Waals surface area contributed by atoms with Gasteiger partial charge in [0, 0.05) is 25.7 Å². The van der Waals surface area contributed by atoms with Gasteiger partial charge in [0.25, 0.3) is 0 Å². The summed E-state index contributed by atoms with van der Waals surface area (Å²) < 4.78 is 0. The number of urea groups is 1. The van der Waals surface area contributed by atoms with Gasteiger partial charge in [-0.15, -0.1) is 0 Å². The summed E-state index contributed by atoms with van der Waals surface area (Å²) in [5.74, 6) is 0. The minimum absolute atomic E-state index is 0.128. The molecule has 1 aliphatic heterocycles. The van der Waals surface area contributed by atoms with Crippen LogP contribution < -0.4 is 20.9 Å². The van der Waals surface area contributed by atoms with Gasteiger partial charge >= 0.3 is 6.03 Å². The van der Waals surface area contributed by atoms with E-state index in [0.717, 1.165) is 37.6 Å². The maximum Gasteiger partial charge on any atom is 0.319 e. The first-order valence-corrected chi connectivity index (χ1v) is 7.79. The van der Waals surface area contributed by atoms with Crippen LogP contribution in [0.2, 0.25) is 0 Å². The van der Waals surface area contributed by atoms with Crippen LogP contribution in [0.5, 0.6) is 0 Å². The SMILES string of the molecule is CC(C)NC(=O)Nc1ccccc1N1CCCCNCC1. The molecule has 3 N–H and O–H groups in total. The van der Waals surface area contributed by atoms with Crippen LogP contribution in [0.4, 0.5) is 16.2 Å². The van der Waals surface area contributed by atoms with Gasteiger partial charge in [-0.25, -0.2) is 4.79 Å². The molecule has 0 atom stereocenters. The summed E-state index contributed by atoms with van der Waals surface area (Å²) in [7, 11) is 0. The average Bonchev–Trinajstić information content (AvgIpc) is 2.38. The van der Waals surface area contributed by atoms with E-state index in [1.165, 1.54) is 12.8 Å². The van der Waals surface area contributed by atoms with E-state index in [0.29, 0.717) is 0 Å².